The van der Waals surface area contributed by atoms with Crippen molar-refractivity contribution >= 4 is 11.9 Å². The monoisotopic (exact) mass is 248 g/mol. The van der Waals surface area contributed by atoms with Crippen molar-refractivity contribution in [1.82, 2.24) is 0 Å². The van der Waals surface area contributed by atoms with Crippen molar-refractivity contribution in [3.05, 3.63) is 29.8 Å². The predicted molar refractivity (Wildman–Crippen MR) is 67.9 cm³/mol. The van der Waals surface area contributed by atoms with Crippen LogP contribution in [0.2, 0.25) is 0 Å². The first-order valence-electron chi connectivity index (χ1n) is 5.67. The van der Waals surface area contributed by atoms with Crippen molar-refractivity contribution in [2.24, 2.45) is 0 Å². The molecule has 4 nitrogen and oxygen atoms in total. The van der Waals surface area contributed by atoms with Gasteiger partial charge in [0.15, 0.2) is 22.9 Å². The summed E-state index contributed by atoms with van der Waals surface area (Å²) in [5, 5.41) is 0. The van der Waals surface area contributed by atoms with E-state index in [0.29, 0.717) is 18.1 Å². The molecule has 0 spiro atoms. The van der Waals surface area contributed by atoms with Gasteiger partial charge in [0.1, 0.15) is 0 Å². The van der Waals surface area contributed by atoms with Crippen molar-refractivity contribution in [3.63, 3.8) is 0 Å². The standard InChI is InChI=1S/C14H16O4/c1-14(9-18-14)13(15)7-5-10-4-6-11(16-2)12(8-10)17-3/h4-8H,9H2,1-3H3/b7-5+/t14-/m0/s1. The normalized spacial score (nSPS) is 21.9. The van der Waals surface area contributed by atoms with Gasteiger partial charge in [0, 0.05) is 0 Å². The SMILES string of the molecule is COc1ccc(/C=C/C(=O)[C@]2(C)CO2)cc1OC. The van der Waals surface area contributed by atoms with E-state index in [9.17, 15) is 4.79 Å². The Morgan fingerprint density at radius 1 is 1.33 bits per heavy atom. The lowest BCUT2D eigenvalue weighted by molar-refractivity contribution is -0.118. The van der Waals surface area contributed by atoms with E-state index < -0.39 is 5.60 Å². The molecule has 0 radical (unpaired) electrons. The maximum Gasteiger partial charge on any atom is 0.189 e. The Bertz CT molecular complexity index is 487. The number of hydrogen-bond donors (Lipinski definition) is 0. The number of hydrogen-bond acceptors (Lipinski definition) is 4. The molecule has 1 aromatic rings. The molecule has 0 bridgehead atoms. The first-order valence-corrected chi connectivity index (χ1v) is 5.67. The van der Waals surface area contributed by atoms with Gasteiger partial charge in [-0.1, -0.05) is 12.1 Å². The van der Waals surface area contributed by atoms with Crippen molar-refractivity contribution in [3.8, 4) is 11.5 Å². The van der Waals surface area contributed by atoms with E-state index in [4.69, 9.17) is 14.2 Å². The van der Waals surface area contributed by atoms with Gasteiger partial charge in [-0.3, -0.25) is 4.79 Å². The van der Waals surface area contributed by atoms with Gasteiger partial charge in [-0.15, -0.1) is 0 Å². The maximum atomic E-state index is 11.7. The Hall–Kier alpha value is -1.81. The van der Waals surface area contributed by atoms with Gasteiger partial charge in [0.05, 0.1) is 20.8 Å². The first-order chi connectivity index (χ1) is 8.59. The molecule has 0 aromatic heterocycles. The first kappa shape index (κ1) is 12.6. The van der Waals surface area contributed by atoms with E-state index in [-0.39, 0.29) is 5.78 Å². The number of methoxy groups -OCH3 is 2. The predicted octanol–water partition coefficient (Wildman–Crippen LogP) is 2.08. The van der Waals surface area contributed by atoms with E-state index in [1.165, 1.54) is 6.08 Å². The summed E-state index contributed by atoms with van der Waals surface area (Å²) in [6.45, 7) is 2.29. The second-order valence-electron chi connectivity index (χ2n) is 4.33. The summed E-state index contributed by atoms with van der Waals surface area (Å²) in [4.78, 5) is 11.7. The van der Waals surface area contributed by atoms with Crippen LogP contribution in [0.5, 0.6) is 11.5 Å². The molecule has 0 amide bonds. The van der Waals surface area contributed by atoms with Gasteiger partial charge >= 0.3 is 0 Å². The molecule has 1 aromatic carbocycles. The second kappa shape index (κ2) is 4.82. The minimum atomic E-state index is -0.604. The van der Waals surface area contributed by atoms with Gasteiger partial charge in [0.2, 0.25) is 0 Å². The molecule has 1 atom stereocenters. The molecule has 18 heavy (non-hydrogen) atoms. The van der Waals surface area contributed by atoms with Crippen molar-refractivity contribution in [1.29, 1.82) is 0 Å². The molecule has 1 aliphatic rings. The van der Waals surface area contributed by atoms with Crippen LogP contribution in [-0.2, 0) is 9.53 Å². The Morgan fingerprint density at radius 3 is 2.56 bits per heavy atom. The van der Waals surface area contributed by atoms with E-state index in [1.807, 2.05) is 12.1 Å². The zero-order valence-electron chi connectivity index (χ0n) is 10.7. The minimum Gasteiger partial charge on any atom is -0.493 e. The average Bonchev–Trinajstić information content (AvgIpc) is 3.14. The van der Waals surface area contributed by atoms with Crippen LogP contribution < -0.4 is 9.47 Å². The second-order valence-corrected chi connectivity index (χ2v) is 4.33. The fraction of sp³-hybridized carbons (Fsp3) is 0.357. The Morgan fingerprint density at radius 2 is 2.00 bits per heavy atom. The highest BCUT2D eigenvalue weighted by atomic mass is 16.6. The van der Waals surface area contributed by atoms with Crippen molar-refractivity contribution in [2.45, 2.75) is 12.5 Å². The van der Waals surface area contributed by atoms with Gasteiger partial charge in [-0.2, -0.15) is 0 Å². The molecule has 1 aliphatic heterocycles. The third-order valence-electron chi connectivity index (χ3n) is 2.93. The van der Waals surface area contributed by atoms with Crippen LogP contribution in [0.1, 0.15) is 12.5 Å². The summed E-state index contributed by atoms with van der Waals surface area (Å²) in [5.74, 6) is 1.29. The summed E-state index contributed by atoms with van der Waals surface area (Å²) < 4.78 is 15.4. The molecule has 1 fully saturated rings. The highest BCUT2D eigenvalue weighted by Crippen LogP contribution is 2.29. The van der Waals surface area contributed by atoms with Crippen LogP contribution in [0, 0.1) is 0 Å². The fourth-order valence-corrected chi connectivity index (χ4v) is 1.56. The number of benzene rings is 1. The lowest BCUT2D eigenvalue weighted by Crippen LogP contribution is -2.17. The molecule has 0 aliphatic carbocycles. The van der Waals surface area contributed by atoms with Gasteiger partial charge in [0.25, 0.3) is 0 Å². The highest BCUT2D eigenvalue weighted by molar-refractivity contribution is 6.01. The summed E-state index contributed by atoms with van der Waals surface area (Å²) >= 11 is 0. The highest BCUT2D eigenvalue weighted by Gasteiger charge is 2.45. The number of carbonyl (C=O) groups is 1. The number of carbonyl (C=O) groups excluding carboxylic acids is 1. The van der Waals surface area contributed by atoms with E-state index >= 15 is 0 Å². The van der Waals surface area contributed by atoms with E-state index in [1.54, 1.807) is 33.3 Å². The lowest BCUT2D eigenvalue weighted by atomic mass is 10.1. The molecule has 0 unspecified atom stereocenters. The Balaban J connectivity index is 2.14. The van der Waals surface area contributed by atoms with Crippen LogP contribution >= 0.6 is 0 Å². The Labute approximate surface area is 106 Å². The smallest absolute Gasteiger partial charge is 0.189 e. The molecular weight excluding hydrogens is 232 g/mol. The number of epoxide rings is 1. The summed E-state index contributed by atoms with van der Waals surface area (Å²) in [7, 11) is 3.16. The quantitative estimate of drug-likeness (QED) is 0.591. The average molecular weight is 248 g/mol. The molecule has 2 rings (SSSR count). The van der Waals surface area contributed by atoms with Crippen LogP contribution in [-0.4, -0.2) is 32.2 Å². The molecule has 1 saturated heterocycles. The van der Waals surface area contributed by atoms with Crippen LogP contribution in [0.15, 0.2) is 24.3 Å². The third-order valence-corrected chi connectivity index (χ3v) is 2.93. The topological polar surface area (TPSA) is 48.1 Å². The minimum absolute atomic E-state index is 0.0164. The largest absolute Gasteiger partial charge is 0.493 e. The molecular formula is C14H16O4. The zero-order valence-corrected chi connectivity index (χ0v) is 10.7. The molecule has 0 N–H and O–H groups in total. The Kier molecular flexibility index (Phi) is 3.39. The van der Waals surface area contributed by atoms with Gasteiger partial charge in [-0.05, 0) is 30.7 Å². The zero-order chi connectivity index (χ0) is 13.2. The van der Waals surface area contributed by atoms with Crippen LogP contribution in [0.25, 0.3) is 6.08 Å². The van der Waals surface area contributed by atoms with Crippen LogP contribution in [0.4, 0.5) is 0 Å². The summed E-state index contributed by atoms with van der Waals surface area (Å²) in [6.07, 6.45) is 3.28. The van der Waals surface area contributed by atoms with E-state index in [0.717, 1.165) is 5.56 Å². The molecule has 96 valence electrons. The van der Waals surface area contributed by atoms with Crippen molar-refractivity contribution < 1.29 is 19.0 Å². The van der Waals surface area contributed by atoms with Crippen molar-refractivity contribution in [2.75, 3.05) is 20.8 Å². The summed E-state index contributed by atoms with van der Waals surface area (Å²) in [5.41, 5.74) is 0.276. The third kappa shape index (κ3) is 2.54. The summed E-state index contributed by atoms with van der Waals surface area (Å²) in [6, 6.07) is 5.48. The number of ketones is 1. The molecule has 1 heterocycles. The maximum absolute atomic E-state index is 11.7. The van der Waals surface area contributed by atoms with Gasteiger partial charge < -0.3 is 14.2 Å². The lowest BCUT2D eigenvalue weighted by Gasteiger charge is -2.07. The molecule has 4 heteroatoms. The van der Waals surface area contributed by atoms with E-state index in [2.05, 4.69) is 0 Å². The van der Waals surface area contributed by atoms with Crippen LogP contribution in [0.3, 0.4) is 0 Å². The number of rotatable bonds is 5. The molecule has 0 saturated carbocycles. The van der Waals surface area contributed by atoms with Gasteiger partial charge in [-0.25, -0.2) is 0 Å². The number of ether oxygens (including phenoxy) is 3. The fourth-order valence-electron chi connectivity index (χ4n) is 1.56.